The van der Waals surface area contributed by atoms with Gasteiger partial charge in [-0.3, -0.25) is 0 Å². The zero-order chi connectivity index (χ0) is 16.0. The van der Waals surface area contributed by atoms with Gasteiger partial charge in [0, 0.05) is 31.9 Å². The number of hydrogen-bond donors (Lipinski definition) is 1. The van der Waals surface area contributed by atoms with E-state index >= 15 is 0 Å². The maximum atomic E-state index is 13.2. The molecule has 2 N–H and O–H groups in total. The van der Waals surface area contributed by atoms with Crippen LogP contribution in [0.1, 0.15) is 25.0 Å². The number of ether oxygens (including phenoxy) is 1. The van der Waals surface area contributed by atoms with Crippen LogP contribution in [0, 0.1) is 0 Å². The second-order valence-electron chi connectivity index (χ2n) is 5.15. The summed E-state index contributed by atoms with van der Waals surface area (Å²) < 4.78 is 44.9. The molecular weight excluding hydrogens is 281 g/mol. The molecule has 1 atom stereocenters. The highest BCUT2D eigenvalue weighted by Gasteiger charge is 2.34. The van der Waals surface area contributed by atoms with Crippen molar-refractivity contribution < 1.29 is 17.9 Å². The molecule has 0 heterocycles. The summed E-state index contributed by atoms with van der Waals surface area (Å²) in [6.45, 7) is 4.97. The molecule has 120 valence electrons. The molecule has 1 aromatic rings. The minimum absolute atomic E-state index is 0.163. The van der Waals surface area contributed by atoms with Crippen LogP contribution in [-0.2, 0) is 17.3 Å². The molecule has 0 saturated carbocycles. The summed E-state index contributed by atoms with van der Waals surface area (Å²) in [5, 5.41) is 0. The third-order valence-corrected chi connectivity index (χ3v) is 3.11. The minimum Gasteiger partial charge on any atom is -0.380 e. The molecule has 21 heavy (non-hydrogen) atoms. The highest BCUT2D eigenvalue weighted by atomic mass is 19.4. The number of hydrogen-bond acceptors (Lipinski definition) is 3. The van der Waals surface area contributed by atoms with E-state index in [1.165, 1.54) is 12.1 Å². The number of benzene rings is 1. The average Bonchev–Trinajstić information content (AvgIpc) is 2.37. The third kappa shape index (κ3) is 5.55. The molecule has 0 bridgehead atoms. The highest BCUT2D eigenvalue weighted by molar-refractivity contribution is 5.56. The van der Waals surface area contributed by atoms with Crippen molar-refractivity contribution in [3.8, 4) is 0 Å². The summed E-state index contributed by atoms with van der Waals surface area (Å²) in [5.74, 6) is 0. The van der Waals surface area contributed by atoms with Gasteiger partial charge in [-0.25, -0.2) is 0 Å². The normalized spacial score (nSPS) is 13.3. The van der Waals surface area contributed by atoms with Gasteiger partial charge in [-0.1, -0.05) is 6.07 Å². The molecule has 0 radical (unpaired) electrons. The number of alkyl halides is 3. The molecule has 3 nitrogen and oxygen atoms in total. The lowest BCUT2D eigenvalue weighted by molar-refractivity contribution is -0.137. The van der Waals surface area contributed by atoms with Gasteiger partial charge in [0.05, 0.1) is 12.2 Å². The molecule has 0 amide bonds. The molecule has 1 unspecified atom stereocenters. The van der Waals surface area contributed by atoms with Crippen LogP contribution in [-0.4, -0.2) is 32.8 Å². The average molecular weight is 304 g/mol. The molecular formula is C15H23F3N2O. The van der Waals surface area contributed by atoms with Gasteiger partial charge >= 0.3 is 6.18 Å². The zero-order valence-corrected chi connectivity index (χ0v) is 12.7. The molecule has 0 fully saturated rings. The van der Waals surface area contributed by atoms with E-state index in [0.717, 1.165) is 0 Å². The molecule has 0 spiro atoms. The van der Waals surface area contributed by atoms with E-state index in [0.29, 0.717) is 31.7 Å². The lowest BCUT2D eigenvalue weighted by Gasteiger charge is -2.24. The minimum atomic E-state index is -4.39. The number of halogens is 3. The Labute approximate surface area is 123 Å². The molecule has 1 rings (SSSR count). The first kappa shape index (κ1) is 17.8. The van der Waals surface area contributed by atoms with Crippen molar-refractivity contribution in [2.24, 2.45) is 5.73 Å². The first-order valence-electron chi connectivity index (χ1n) is 7.00. The Hall–Kier alpha value is -1.27. The number of nitrogens with two attached hydrogens (primary N) is 1. The van der Waals surface area contributed by atoms with Crippen molar-refractivity contribution in [3.63, 3.8) is 0 Å². The Morgan fingerprint density at radius 2 is 2.00 bits per heavy atom. The lowest BCUT2D eigenvalue weighted by atomic mass is 10.0. The summed E-state index contributed by atoms with van der Waals surface area (Å²) in [5.41, 5.74) is 5.79. The van der Waals surface area contributed by atoms with E-state index in [4.69, 9.17) is 10.5 Å². The number of rotatable bonds is 7. The van der Waals surface area contributed by atoms with Crippen LogP contribution in [0.15, 0.2) is 18.2 Å². The van der Waals surface area contributed by atoms with Crippen LogP contribution < -0.4 is 10.6 Å². The van der Waals surface area contributed by atoms with Crippen LogP contribution in [0.4, 0.5) is 18.9 Å². The summed E-state index contributed by atoms with van der Waals surface area (Å²) >= 11 is 0. The Kier molecular flexibility index (Phi) is 6.48. The number of likely N-dealkylation sites (N-methyl/N-ethyl adjacent to an activating group) is 1. The fourth-order valence-corrected chi connectivity index (χ4v) is 2.11. The molecule has 0 aliphatic rings. The smallest absolute Gasteiger partial charge is 0.380 e. The van der Waals surface area contributed by atoms with Crippen LogP contribution in [0.3, 0.4) is 0 Å². The lowest BCUT2D eigenvalue weighted by Crippen LogP contribution is -2.26. The van der Waals surface area contributed by atoms with Gasteiger partial charge in [0.15, 0.2) is 0 Å². The van der Waals surface area contributed by atoms with Gasteiger partial charge in [-0.05, 0) is 38.0 Å². The van der Waals surface area contributed by atoms with Crippen molar-refractivity contribution in [2.45, 2.75) is 32.5 Å². The van der Waals surface area contributed by atoms with Gasteiger partial charge in [0.25, 0.3) is 0 Å². The molecule has 0 aliphatic carbocycles. The first-order valence-corrected chi connectivity index (χ1v) is 7.00. The topological polar surface area (TPSA) is 38.5 Å². The fraction of sp³-hybridized carbons (Fsp3) is 0.600. The third-order valence-electron chi connectivity index (χ3n) is 3.11. The van der Waals surface area contributed by atoms with E-state index in [2.05, 4.69) is 0 Å². The first-order chi connectivity index (χ1) is 9.75. The van der Waals surface area contributed by atoms with Crippen molar-refractivity contribution in [1.82, 2.24) is 0 Å². The molecule has 0 aliphatic heterocycles. The molecule has 0 saturated heterocycles. The van der Waals surface area contributed by atoms with Crippen molar-refractivity contribution in [2.75, 3.05) is 31.7 Å². The summed E-state index contributed by atoms with van der Waals surface area (Å²) in [4.78, 5) is 1.56. The van der Waals surface area contributed by atoms with E-state index < -0.39 is 11.7 Å². The van der Waals surface area contributed by atoms with E-state index in [-0.39, 0.29) is 11.7 Å². The summed E-state index contributed by atoms with van der Waals surface area (Å²) in [6.07, 6.45) is -3.96. The monoisotopic (exact) mass is 304 g/mol. The number of nitrogens with zero attached hydrogens (tertiary/aromatic N) is 1. The summed E-state index contributed by atoms with van der Waals surface area (Å²) in [6, 6.07) is 4.22. The quantitative estimate of drug-likeness (QED) is 0.787. The molecule has 6 heteroatoms. The highest BCUT2D eigenvalue weighted by Crippen LogP contribution is 2.37. The van der Waals surface area contributed by atoms with Gasteiger partial charge in [-0.15, -0.1) is 0 Å². The van der Waals surface area contributed by atoms with Crippen LogP contribution >= 0.6 is 0 Å². The van der Waals surface area contributed by atoms with Gasteiger partial charge < -0.3 is 15.4 Å². The van der Waals surface area contributed by atoms with E-state index in [9.17, 15) is 13.2 Å². The molecule has 1 aromatic carbocycles. The van der Waals surface area contributed by atoms with Gasteiger partial charge in [0.1, 0.15) is 0 Å². The van der Waals surface area contributed by atoms with E-state index in [1.54, 1.807) is 24.9 Å². The van der Waals surface area contributed by atoms with Gasteiger partial charge in [0.2, 0.25) is 0 Å². The summed E-state index contributed by atoms with van der Waals surface area (Å²) in [7, 11) is 1.63. The maximum absolute atomic E-state index is 13.2. The SMILES string of the molecule is CCOCCN(C)c1ccc(CC(C)N)cc1C(F)(F)F. The number of anilines is 1. The largest absolute Gasteiger partial charge is 0.418 e. The van der Waals surface area contributed by atoms with Gasteiger partial charge in [-0.2, -0.15) is 13.2 Å². The predicted molar refractivity (Wildman–Crippen MR) is 78.6 cm³/mol. The zero-order valence-electron chi connectivity index (χ0n) is 12.7. The molecule has 0 aromatic heterocycles. The maximum Gasteiger partial charge on any atom is 0.418 e. The van der Waals surface area contributed by atoms with Crippen molar-refractivity contribution >= 4 is 5.69 Å². The van der Waals surface area contributed by atoms with Crippen LogP contribution in [0.25, 0.3) is 0 Å². The van der Waals surface area contributed by atoms with Crippen molar-refractivity contribution in [1.29, 1.82) is 0 Å². The Balaban J connectivity index is 3.02. The van der Waals surface area contributed by atoms with Crippen molar-refractivity contribution in [3.05, 3.63) is 29.3 Å². The second kappa shape index (κ2) is 7.66. The standard InChI is InChI=1S/C15H23F3N2O/c1-4-21-8-7-20(3)14-6-5-12(9-11(2)19)10-13(14)15(16,17)18/h5-6,10-11H,4,7-9,19H2,1-3H3. The fourth-order valence-electron chi connectivity index (χ4n) is 2.11. The van der Waals surface area contributed by atoms with E-state index in [1.807, 2.05) is 6.92 Å². The Morgan fingerprint density at radius 1 is 1.33 bits per heavy atom. The Bertz CT molecular complexity index is 447. The predicted octanol–water partition coefficient (Wildman–Crippen LogP) is 3.07. The second-order valence-corrected chi connectivity index (χ2v) is 5.15. The van der Waals surface area contributed by atoms with Crippen LogP contribution in [0.5, 0.6) is 0 Å². The van der Waals surface area contributed by atoms with Crippen LogP contribution in [0.2, 0.25) is 0 Å². The Morgan fingerprint density at radius 3 is 2.52 bits per heavy atom.